The van der Waals surface area contributed by atoms with Gasteiger partial charge < -0.3 is 13.8 Å². The second kappa shape index (κ2) is 11.5. The van der Waals surface area contributed by atoms with Gasteiger partial charge in [-0.05, 0) is 98.0 Å². The lowest BCUT2D eigenvalue weighted by atomic mass is 9.43. The number of hydrogen-bond donors (Lipinski definition) is 0. The molecule has 2 aliphatic rings. The number of rotatable bonds is 1. The molecule has 59 heavy (non-hydrogen) atoms. The van der Waals surface area contributed by atoms with Crippen LogP contribution in [0.2, 0.25) is 0 Å². The van der Waals surface area contributed by atoms with Gasteiger partial charge in [-0.3, -0.25) is 0 Å². The van der Waals surface area contributed by atoms with Gasteiger partial charge in [0.25, 0.3) is 0 Å². The van der Waals surface area contributed by atoms with E-state index in [-0.39, 0.29) is 23.1 Å². The van der Waals surface area contributed by atoms with Crippen molar-refractivity contribution in [3.8, 4) is 16.8 Å². The molecule has 2 aliphatic heterocycles. The van der Waals surface area contributed by atoms with Gasteiger partial charge in [0.05, 0.1) is 11.0 Å². The van der Waals surface area contributed by atoms with Gasteiger partial charge in [-0.15, -0.1) is 11.3 Å². The van der Waals surface area contributed by atoms with Crippen LogP contribution in [0.25, 0.3) is 80.7 Å². The second-order valence-corrected chi connectivity index (χ2v) is 21.3. The lowest BCUT2D eigenvalue weighted by Crippen LogP contribution is -2.60. The van der Waals surface area contributed by atoms with E-state index in [0.29, 0.717) is 0 Å². The largest absolute Gasteiger partial charge is 0.456 e. The van der Waals surface area contributed by atoms with Crippen LogP contribution in [0, 0.1) is 0 Å². The minimum atomic E-state index is -0.0629. The van der Waals surface area contributed by atoms with Crippen molar-refractivity contribution in [1.82, 2.24) is 4.57 Å². The standard InChI is InChI=1S/C54H47BN2OS/c1-52(2,3)30-14-18-33(19-15-30)57-45-28-47-40(34-20-16-32(54(7,8)9)25-46(34)58-47)26-38(45)36-21-22-37-39-27-41-35-12-10-11-13-48(35)59-49(41)29-44(39)56-43-23-17-31(53(4,5)6)24-42(43)55(57)50(36)51(37)56/h10-29H,1-9H3. The van der Waals surface area contributed by atoms with Crippen molar-refractivity contribution in [2.24, 2.45) is 0 Å². The first-order valence-electron chi connectivity index (χ1n) is 21.1. The van der Waals surface area contributed by atoms with Crippen molar-refractivity contribution in [3.63, 3.8) is 0 Å². The summed E-state index contributed by atoms with van der Waals surface area (Å²) in [6.45, 7) is 20.6. The molecule has 0 fully saturated rings. The third-order valence-electron chi connectivity index (χ3n) is 13.4. The van der Waals surface area contributed by atoms with E-state index in [1.807, 2.05) is 11.3 Å². The van der Waals surface area contributed by atoms with Gasteiger partial charge in [0, 0.05) is 70.4 Å². The molecule has 288 valence electrons. The van der Waals surface area contributed by atoms with Crippen LogP contribution in [0.4, 0.5) is 11.4 Å². The highest BCUT2D eigenvalue weighted by Gasteiger charge is 2.44. The van der Waals surface area contributed by atoms with E-state index >= 15 is 0 Å². The Bertz CT molecular complexity index is 3450. The molecule has 0 bridgehead atoms. The van der Waals surface area contributed by atoms with Crippen molar-refractivity contribution in [1.29, 1.82) is 0 Å². The highest BCUT2D eigenvalue weighted by molar-refractivity contribution is 7.25. The number of anilines is 2. The summed E-state index contributed by atoms with van der Waals surface area (Å²) < 4.78 is 12.1. The zero-order valence-electron chi connectivity index (χ0n) is 35.3. The Morgan fingerprint density at radius 1 is 0.492 bits per heavy atom. The number of thiophene rings is 1. The summed E-state index contributed by atoms with van der Waals surface area (Å²) in [7, 11) is 0. The molecule has 0 unspecified atom stereocenters. The van der Waals surface area contributed by atoms with Crippen molar-refractivity contribution in [2.45, 2.75) is 78.6 Å². The summed E-state index contributed by atoms with van der Waals surface area (Å²) >= 11 is 1.90. The maximum atomic E-state index is 6.85. The Morgan fingerprint density at radius 2 is 1.17 bits per heavy atom. The Balaban J connectivity index is 1.23. The number of hydrogen-bond acceptors (Lipinski definition) is 3. The maximum absolute atomic E-state index is 6.85. The molecule has 5 heterocycles. The van der Waals surface area contributed by atoms with E-state index in [1.54, 1.807) is 0 Å². The van der Waals surface area contributed by atoms with E-state index in [9.17, 15) is 0 Å². The molecule has 10 aromatic rings. The average molecular weight is 783 g/mol. The predicted octanol–water partition coefficient (Wildman–Crippen LogP) is 14.2. The SMILES string of the molecule is CC(C)(C)c1ccc(N2B3c4cc(C(C)(C)C)ccc4-n4c5cc6sc7ccccc7c6cc5c5ccc(c3c54)-c3cc4c(cc32)oc2cc(C(C)(C)C)ccc24)cc1. The minimum absolute atomic E-state index is 0.0230. The van der Waals surface area contributed by atoms with Crippen LogP contribution in [-0.4, -0.2) is 11.4 Å². The zero-order valence-corrected chi connectivity index (χ0v) is 36.2. The van der Waals surface area contributed by atoms with Crippen LogP contribution in [0.3, 0.4) is 0 Å². The molecule has 5 heteroatoms. The fraction of sp³-hybridized carbons (Fsp3) is 0.222. The van der Waals surface area contributed by atoms with Gasteiger partial charge in [0.2, 0.25) is 0 Å². The van der Waals surface area contributed by atoms with Gasteiger partial charge in [-0.25, -0.2) is 0 Å². The maximum Gasteiger partial charge on any atom is 0.333 e. The van der Waals surface area contributed by atoms with E-state index < -0.39 is 0 Å². The summed E-state index contributed by atoms with van der Waals surface area (Å²) in [6.07, 6.45) is 0. The topological polar surface area (TPSA) is 21.3 Å². The first kappa shape index (κ1) is 35.2. The average Bonchev–Trinajstić information content (AvgIpc) is 3.86. The van der Waals surface area contributed by atoms with Crippen molar-refractivity contribution >= 4 is 104 Å². The molecule has 0 spiro atoms. The van der Waals surface area contributed by atoms with Crippen LogP contribution in [0.1, 0.15) is 79.0 Å². The molecule has 0 aliphatic carbocycles. The van der Waals surface area contributed by atoms with Crippen molar-refractivity contribution < 1.29 is 4.42 Å². The molecule has 0 N–H and O–H groups in total. The highest BCUT2D eigenvalue weighted by atomic mass is 32.1. The predicted molar refractivity (Wildman–Crippen MR) is 256 cm³/mol. The van der Waals surface area contributed by atoms with Crippen LogP contribution >= 0.6 is 11.3 Å². The number of furan rings is 1. The van der Waals surface area contributed by atoms with Gasteiger partial charge in [0.15, 0.2) is 0 Å². The van der Waals surface area contributed by atoms with Gasteiger partial charge in [-0.2, -0.15) is 0 Å². The smallest absolute Gasteiger partial charge is 0.333 e. The fourth-order valence-electron chi connectivity index (χ4n) is 10.2. The molecule has 0 radical (unpaired) electrons. The van der Waals surface area contributed by atoms with Crippen LogP contribution in [0.15, 0.2) is 126 Å². The zero-order chi connectivity index (χ0) is 40.5. The molecule has 0 saturated carbocycles. The summed E-state index contributed by atoms with van der Waals surface area (Å²) in [5.41, 5.74) is 17.3. The summed E-state index contributed by atoms with van der Waals surface area (Å²) in [5, 5.41) is 7.61. The fourth-order valence-corrected chi connectivity index (χ4v) is 11.3. The van der Waals surface area contributed by atoms with E-state index in [2.05, 4.69) is 193 Å². The molecule has 0 amide bonds. The third-order valence-corrected chi connectivity index (χ3v) is 14.6. The Morgan fingerprint density at radius 3 is 1.93 bits per heavy atom. The lowest BCUT2D eigenvalue weighted by molar-refractivity contribution is 0.587. The molecule has 7 aromatic carbocycles. The number of nitrogens with zero attached hydrogens (tertiary/aromatic N) is 2. The number of fused-ring (bicyclic) bond motifs is 14. The van der Waals surface area contributed by atoms with Crippen LogP contribution < -0.4 is 15.7 Å². The van der Waals surface area contributed by atoms with E-state index in [1.165, 1.54) is 97.8 Å². The summed E-state index contributed by atoms with van der Waals surface area (Å²) in [6, 6.07) is 46.9. The van der Waals surface area contributed by atoms with Gasteiger partial charge in [-0.1, -0.05) is 129 Å². The van der Waals surface area contributed by atoms with Crippen molar-refractivity contribution in [2.75, 3.05) is 4.81 Å². The van der Waals surface area contributed by atoms with Crippen LogP contribution in [0.5, 0.6) is 0 Å². The van der Waals surface area contributed by atoms with Gasteiger partial charge >= 0.3 is 6.85 Å². The first-order chi connectivity index (χ1) is 28.1. The summed E-state index contributed by atoms with van der Waals surface area (Å²) in [5.74, 6) is 0. The minimum Gasteiger partial charge on any atom is -0.456 e. The van der Waals surface area contributed by atoms with E-state index in [0.717, 1.165) is 21.9 Å². The molecule has 3 nitrogen and oxygen atoms in total. The number of benzene rings is 7. The Labute approximate surface area is 350 Å². The molecule has 12 rings (SSSR count). The monoisotopic (exact) mass is 782 g/mol. The Kier molecular flexibility index (Phi) is 6.85. The normalized spacial score (nSPS) is 14.1. The lowest BCUT2D eigenvalue weighted by Gasteiger charge is -2.42. The highest BCUT2D eigenvalue weighted by Crippen LogP contribution is 2.49. The van der Waals surface area contributed by atoms with E-state index in [4.69, 9.17) is 4.42 Å². The van der Waals surface area contributed by atoms with Gasteiger partial charge in [0.1, 0.15) is 11.2 Å². The molecule has 0 atom stereocenters. The summed E-state index contributed by atoms with van der Waals surface area (Å²) in [4.78, 5) is 2.63. The van der Waals surface area contributed by atoms with Crippen molar-refractivity contribution in [3.05, 3.63) is 138 Å². The van der Waals surface area contributed by atoms with Crippen LogP contribution in [-0.2, 0) is 16.2 Å². The first-order valence-corrected chi connectivity index (χ1v) is 21.9. The molecular formula is C54H47BN2OS. The molecular weight excluding hydrogens is 735 g/mol. The second-order valence-electron chi connectivity index (χ2n) is 20.2. The number of aromatic nitrogens is 1. The Hall–Kier alpha value is -5.78. The molecule has 3 aromatic heterocycles. The molecule has 0 saturated heterocycles. The third kappa shape index (κ3) is 4.88. The quantitative estimate of drug-likeness (QED) is 0.155.